The van der Waals surface area contributed by atoms with E-state index in [-0.39, 0.29) is 0 Å². The summed E-state index contributed by atoms with van der Waals surface area (Å²) in [6, 6.07) is 6.05. The van der Waals surface area contributed by atoms with Gasteiger partial charge in [-0.15, -0.1) is 0 Å². The Morgan fingerprint density at radius 1 is 1.43 bits per heavy atom. The first-order chi connectivity index (χ1) is 6.83. The lowest BCUT2D eigenvalue weighted by molar-refractivity contribution is 1.39. The fourth-order valence-corrected chi connectivity index (χ4v) is 2.23. The van der Waals surface area contributed by atoms with E-state index in [1.54, 1.807) is 0 Å². The van der Waals surface area contributed by atoms with Crippen LogP contribution in [0, 0.1) is 0 Å². The first-order valence-electron chi connectivity index (χ1n) is 4.75. The van der Waals surface area contributed by atoms with Crippen molar-refractivity contribution in [3.05, 3.63) is 30.0 Å². The highest BCUT2D eigenvalue weighted by molar-refractivity contribution is 7.98. The second kappa shape index (κ2) is 3.96. The average molecular weight is 206 g/mol. The van der Waals surface area contributed by atoms with Gasteiger partial charge in [-0.25, -0.2) is 0 Å². The summed E-state index contributed by atoms with van der Waals surface area (Å²) in [5, 5.41) is 1.26. The monoisotopic (exact) mass is 206 g/mol. The van der Waals surface area contributed by atoms with Gasteiger partial charge in [-0.05, 0) is 17.4 Å². The van der Waals surface area contributed by atoms with Gasteiger partial charge in [-0.3, -0.25) is 0 Å². The smallest absolute Gasteiger partial charge is 0.0690 e. The Kier molecular flexibility index (Phi) is 2.68. The van der Waals surface area contributed by atoms with Crippen molar-refractivity contribution >= 4 is 28.4 Å². The number of nitrogens with one attached hydrogen (secondary N) is 1. The highest BCUT2D eigenvalue weighted by Crippen LogP contribution is 2.25. The maximum absolute atomic E-state index is 5.86. The number of hydrogen-bond acceptors (Lipinski definition) is 2. The molecule has 0 saturated carbocycles. The molecule has 2 nitrogen and oxygen atoms in total. The van der Waals surface area contributed by atoms with Crippen LogP contribution in [0.5, 0.6) is 0 Å². The van der Waals surface area contributed by atoms with Crippen molar-refractivity contribution in [2.45, 2.75) is 12.7 Å². The molecule has 0 amide bonds. The van der Waals surface area contributed by atoms with Gasteiger partial charge in [0, 0.05) is 17.3 Å². The quantitative estimate of drug-likeness (QED) is 0.758. The van der Waals surface area contributed by atoms with Crippen molar-refractivity contribution in [3.63, 3.8) is 0 Å². The molecule has 0 aliphatic heterocycles. The molecule has 74 valence electrons. The Morgan fingerprint density at radius 3 is 3.07 bits per heavy atom. The lowest BCUT2D eigenvalue weighted by Crippen LogP contribution is -1.85. The molecule has 0 fully saturated rings. The van der Waals surface area contributed by atoms with Crippen molar-refractivity contribution < 1.29 is 0 Å². The highest BCUT2D eigenvalue weighted by Gasteiger charge is 2.04. The van der Waals surface area contributed by atoms with E-state index >= 15 is 0 Å². The molecule has 1 aromatic heterocycles. The normalized spacial score (nSPS) is 10.9. The van der Waals surface area contributed by atoms with Crippen LogP contribution in [0.25, 0.3) is 10.9 Å². The molecule has 0 spiro atoms. The number of thioether (sulfide) groups is 1. The zero-order chi connectivity index (χ0) is 9.97. The molecular weight excluding hydrogens is 192 g/mol. The number of nitrogen functional groups attached to an aromatic ring is 1. The molecule has 0 radical (unpaired) electrons. The molecule has 3 N–H and O–H groups in total. The SMILES string of the molecule is CCSCc1c[nH]c2c(N)cccc12. The molecular formula is C11H14N2S. The Bertz CT molecular complexity index is 434. The number of para-hydroxylation sites is 1. The number of aromatic amines is 1. The van der Waals surface area contributed by atoms with Gasteiger partial charge in [0.05, 0.1) is 11.2 Å². The molecule has 0 bridgehead atoms. The van der Waals surface area contributed by atoms with E-state index in [4.69, 9.17) is 5.73 Å². The lowest BCUT2D eigenvalue weighted by Gasteiger charge is -1.98. The van der Waals surface area contributed by atoms with Crippen LogP contribution >= 0.6 is 11.8 Å². The van der Waals surface area contributed by atoms with E-state index in [0.29, 0.717) is 0 Å². The maximum Gasteiger partial charge on any atom is 0.0690 e. The van der Waals surface area contributed by atoms with E-state index in [0.717, 1.165) is 22.7 Å². The van der Waals surface area contributed by atoms with Gasteiger partial charge in [-0.2, -0.15) is 11.8 Å². The minimum absolute atomic E-state index is 0.829. The molecule has 2 aromatic rings. The van der Waals surface area contributed by atoms with Gasteiger partial charge in [0.2, 0.25) is 0 Å². The number of fused-ring (bicyclic) bond motifs is 1. The number of H-pyrrole nitrogens is 1. The molecule has 1 aromatic carbocycles. The van der Waals surface area contributed by atoms with Crippen LogP contribution in [0.3, 0.4) is 0 Å². The molecule has 1 heterocycles. The summed E-state index contributed by atoms with van der Waals surface area (Å²) >= 11 is 1.93. The van der Waals surface area contributed by atoms with E-state index in [1.807, 2.05) is 23.9 Å². The third kappa shape index (κ3) is 1.60. The predicted octanol–water partition coefficient (Wildman–Crippen LogP) is 3.00. The lowest BCUT2D eigenvalue weighted by atomic mass is 10.2. The number of benzene rings is 1. The molecule has 0 aliphatic carbocycles. The van der Waals surface area contributed by atoms with Gasteiger partial charge in [0.15, 0.2) is 0 Å². The molecule has 0 aliphatic rings. The van der Waals surface area contributed by atoms with Gasteiger partial charge < -0.3 is 10.7 Å². The number of rotatable bonds is 3. The Hall–Kier alpha value is -1.09. The van der Waals surface area contributed by atoms with Gasteiger partial charge >= 0.3 is 0 Å². The van der Waals surface area contributed by atoms with E-state index in [1.165, 1.54) is 10.9 Å². The van der Waals surface area contributed by atoms with Crippen LogP contribution < -0.4 is 5.73 Å². The fraction of sp³-hybridized carbons (Fsp3) is 0.273. The standard InChI is InChI=1S/C11H14N2S/c1-2-14-7-8-6-13-11-9(8)4-3-5-10(11)12/h3-6,13H,2,7,12H2,1H3. The summed E-state index contributed by atoms with van der Waals surface area (Å²) in [5.74, 6) is 2.20. The largest absolute Gasteiger partial charge is 0.397 e. The molecule has 0 unspecified atom stereocenters. The second-order valence-corrected chi connectivity index (χ2v) is 4.50. The topological polar surface area (TPSA) is 41.8 Å². The van der Waals surface area contributed by atoms with Crippen LogP contribution in [0.4, 0.5) is 5.69 Å². The number of hydrogen-bond donors (Lipinski definition) is 2. The zero-order valence-electron chi connectivity index (χ0n) is 8.21. The van der Waals surface area contributed by atoms with E-state index in [2.05, 4.69) is 24.2 Å². The van der Waals surface area contributed by atoms with Crippen molar-refractivity contribution in [3.8, 4) is 0 Å². The molecule has 0 atom stereocenters. The first kappa shape index (κ1) is 9.46. The first-order valence-corrected chi connectivity index (χ1v) is 5.90. The Balaban J connectivity index is 2.42. The minimum atomic E-state index is 0.829. The zero-order valence-corrected chi connectivity index (χ0v) is 9.03. The number of anilines is 1. The van der Waals surface area contributed by atoms with Crippen LogP contribution in [-0.2, 0) is 5.75 Å². The third-order valence-electron chi connectivity index (χ3n) is 2.30. The summed E-state index contributed by atoms with van der Waals surface area (Å²) in [7, 11) is 0. The van der Waals surface area contributed by atoms with Crippen LogP contribution in [0.1, 0.15) is 12.5 Å². The molecule has 14 heavy (non-hydrogen) atoms. The summed E-state index contributed by atoms with van der Waals surface area (Å²) in [6.07, 6.45) is 2.06. The Labute approximate surface area is 87.9 Å². The predicted molar refractivity (Wildman–Crippen MR) is 64.5 cm³/mol. The number of nitrogens with two attached hydrogens (primary N) is 1. The van der Waals surface area contributed by atoms with Crippen LogP contribution in [0.15, 0.2) is 24.4 Å². The molecule has 2 rings (SSSR count). The van der Waals surface area contributed by atoms with Crippen molar-refractivity contribution in [2.24, 2.45) is 0 Å². The van der Waals surface area contributed by atoms with Gasteiger partial charge in [0.25, 0.3) is 0 Å². The molecule has 3 heteroatoms. The van der Waals surface area contributed by atoms with Gasteiger partial charge in [-0.1, -0.05) is 19.1 Å². The highest BCUT2D eigenvalue weighted by atomic mass is 32.2. The van der Waals surface area contributed by atoms with Crippen molar-refractivity contribution in [1.29, 1.82) is 0 Å². The van der Waals surface area contributed by atoms with Crippen LogP contribution in [-0.4, -0.2) is 10.7 Å². The summed E-state index contributed by atoms with van der Waals surface area (Å²) in [6.45, 7) is 2.17. The third-order valence-corrected chi connectivity index (χ3v) is 3.22. The second-order valence-electron chi connectivity index (χ2n) is 3.22. The maximum atomic E-state index is 5.86. The summed E-state index contributed by atoms with van der Waals surface area (Å²) < 4.78 is 0. The summed E-state index contributed by atoms with van der Waals surface area (Å²) in [4.78, 5) is 3.23. The van der Waals surface area contributed by atoms with Crippen molar-refractivity contribution in [1.82, 2.24) is 4.98 Å². The summed E-state index contributed by atoms with van der Waals surface area (Å²) in [5.41, 5.74) is 9.10. The van der Waals surface area contributed by atoms with Gasteiger partial charge in [0.1, 0.15) is 0 Å². The fourth-order valence-electron chi connectivity index (χ4n) is 1.57. The number of aromatic nitrogens is 1. The van der Waals surface area contributed by atoms with Crippen LogP contribution in [0.2, 0.25) is 0 Å². The van der Waals surface area contributed by atoms with Crippen molar-refractivity contribution in [2.75, 3.05) is 11.5 Å². The van der Waals surface area contributed by atoms with E-state index in [9.17, 15) is 0 Å². The average Bonchev–Trinajstić information content (AvgIpc) is 2.60. The van der Waals surface area contributed by atoms with E-state index < -0.39 is 0 Å². The Morgan fingerprint density at radius 2 is 2.29 bits per heavy atom. The minimum Gasteiger partial charge on any atom is -0.397 e. The molecule has 0 saturated heterocycles.